The maximum Gasteiger partial charge on any atom is 0.0437 e. The molecule has 0 radical (unpaired) electrons. The number of fused-ring (bicyclic) bond motifs is 1. The molecule has 0 spiro atoms. The number of rotatable bonds is 3. The lowest BCUT2D eigenvalue weighted by Gasteiger charge is -2.34. The number of aromatic nitrogens is 1. The largest absolute Gasteiger partial charge is 0.299 e. The Morgan fingerprint density at radius 3 is 3.09 bits per heavy atom. The van der Waals surface area contributed by atoms with E-state index in [1.165, 1.54) is 10.9 Å². The number of likely N-dealkylation sites (tertiary alicyclic amines) is 1. The Kier molecular flexibility index (Phi) is 4.62. The van der Waals surface area contributed by atoms with E-state index in [0.29, 0.717) is 5.92 Å². The van der Waals surface area contributed by atoms with Gasteiger partial charge in [0.1, 0.15) is 0 Å². The van der Waals surface area contributed by atoms with Crippen molar-refractivity contribution in [3.05, 3.63) is 51.1 Å². The molecule has 0 N–H and O–H groups in total. The van der Waals surface area contributed by atoms with Crippen molar-refractivity contribution in [3.8, 4) is 0 Å². The fourth-order valence-electron chi connectivity index (χ4n) is 3.13. The summed E-state index contributed by atoms with van der Waals surface area (Å²) in [6.07, 6.45) is 4.66. The molecule has 0 amide bonds. The predicted molar refractivity (Wildman–Crippen MR) is 91.4 cm³/mol. The molecule has 2 atom stereocenters. The van der Waals surface area contributed by atoms with Crippen LogP contribution in [0.4, 0.5) is 0 Å². The Balaban J connectivity index is 1.74. The number of hydrogen-bond acceptors (Lipinski definition) is 3. The molecule has 22 heavy (non-hydrogen) atoms. The number of piperidine rings is 1. The predicted octanol–water partition coefficient (Wildman–Crippen LogP) is 4.52. The summed E-state index contributed by atoms with van der Waals surface area (Å²) in [6, 6.07) is 6.66. The zero-order chi connectivity index (χ0) is 15.5. The van der Waals surface area contributed by atoms with Crippen LogP contribution in [0.2, 0.25) is 0 Å². The highest BCUT2D eigenvalue weighted by Gasteiger charge is 2.25. The van der Waals surface area contributed by atoms with Crippen molar-refractivity contribution in [1.82, 2.24) is 9.88 Å². The van der Waals surface area contributed by atoms with Crippen LogP contribution in [0.15, 0.2) is 40.2 Å². The van der Waals surface area contributed by atoms with Crippen molar-refractivity contribution in [3.63, 3.8) is 0 Å². The number of pyridine rings is 1. The van der Waals surface area contributed by atoms with E-state index in [-0.39, 0.29) is 6.04 Å². The van der Waals surface area contributed by atoms with Gasteiger partial charge in [-0.25, -0.2) is 0 Å². The third-order valence-corrected chi connectivity index (χ3v) is 4.96. The molecule has 114 valence electrons. The van der Waals surface area contributed by atoms with Crippen LogP contribution < -0.4 is 0 Å². The van der Waals surface area contributed by atoms with E-state index in [4.69, 9.17) is 5.53 Å². The third-order valence-electron chi connectivity index (χ3n) is 4.33. The van der Waals surface area contributed by atoms with Crippen molar-refractivity contribution in [2.45, 2.75) is 25.9 Å². The van der Waals surface area contributed by atoms with Crippen LogP contribution in [0, 0.1) is 5.92 Å². The molecular weight excluding hydrogens is 342 g/mol. The number of halogens is 1. The monoisotopic (exact) mass is 359 g/mol. The lowest BCUT2D eigenvalue weighted by atomic mass is 9.94. The lowest BCUT2D eigenvalue weighted by molar-refractivity contribution is 0.158. The second-order valence-electron chi connectivity index (χ2n) is 5.95. The Morgan fingerprint density at radius 2 is 2.32 bits per heavy atom. The molecular formula is C16H18BrN5. The fourth-order valence-corrected chi connectivity index (χ4v) is 3.59. The zero-order valence-corrected chi connectivity index (χ0v) is 14.1. The van der Waals surface area contributed by atoms with E-state index in [2.05, 4.69) is 61.0 Å². The highest BCUT2D eigenvalue weighted by molar-refractivity contribution is 9.10. The first-order valence-electron chi connectivity index (χ1n) is 7.46. The van der Waals surface area contributed by atoms with Gasteiger partial charge in [0, 0.05) is 46.3 Å². The van der Waals surface area contributed by atoms with E-state index in [9.17, 15) is 0 Å². The van der Waals surface area contributed by atoms with Gasteiger partial charge < -0.3 is 0 Å². The van der Waals surface area contributed by atoms with Gasteiger partial charge in [0.15, 0.2) is 0 Å². The van der Waals surface area contributed by atoms with Crippen LogP contribution in [0.3, 0.4) is 0 Å². The minimum Gasteiger partial charge on any atom is -0.299 e. The van der Waals surface area contributed by atoms with Gasteiger partial charge in [-0.3, -0.25) is 9.88 Å². The van der Waals surface area contributed by atoms with Gasteiger partial charge in [0.05, 0.1) is 0 Å². The van der Waals surface area contributed by atoms with Crippen LogP contribution in [0.1, 0.15) is 18.9 Å². The molecule has 6 heteroatoms. The summed E-state index contributed by atoms with van der Waals surface area (Å²) < 4.78 is 1.03. The van der Waals surface area contributed by atoms with Crippen molar-refractivity contribution >= 4 is 26.7 Å². The van der Waals surface area contributed by atoms with Gasteiger partial charge >= 0.3 is 0 Å². The normalized spacial score (nSPS) is 22.5. The van der Waals surface area contributed by atoms with E-state index in [1.807, 2.05) is 12.4 Å². The Morgan fingerprint density at radius 1 is 1.45 bits per heavy atom. The molecule has 2 aromatic rings. The van der Waals surface area contributed by atoms with Crippen LogP contribution in [0.5, 0.6) is 0 Å². The summed E-state index contributed by atoms with van der Waals surface area (Å²) >= 11 is 3.57. The molecule has 1 fully saturated rings. The number of nitrogens with zero attached hydrogens (tertiary/aromatic N) is 5. The van der Waals surface area contributed by atoms with Crippen LogP contribution >= 0.6 is 15.9 Å². The minimum atomic E-state index is 0.137. The topological polar surface area (TPSA) is 64.9 Å². The molecule has 1 aliphatic heterocycles. The maximum atomic E-state index is 8.60. The Bertz CT molecular complexity index is 726. The second kappa shape index (κ2) is 6.65. The first kappa shape index (κ1) is 15.3. The molecule has 0 bridgehead atoms. The zero-order valence-electron chi connectivity index (χ0n) is 12.5. The maximum absolute atomic E-state index is 8.60. The van der Waals surface area contributed by atoms with Crippen molar-refractivity contribution in [1.29, 1.82) is 0 Å². The van der Waals surface area contributed by atoms with Crippen LogP contribution in [-0.2, 0) is 6.54 Å². The van der Waals surface area contributed by atoms with Gasteiger partial charge in [0.25, 0.3) is 0 Å². The smallest absolute Gasteiger partial charge is 0.0437 e. The fraction of sp³-hybridized carbons (Fsp3) is 0.438. The average Bonchev–Trinajstić information content (AvgIpc) is 2.51. The molecule has 1 aromatic heterocycles. The van der Waals surface area contributed by atoms with Gasteiger partial charge in [-0.05, 0) is 57.4 Å². The van der Waals surface area contributed by atoms with Gasteiger partial charge in [-0.15, -0.1) is 0 Å². The summed E-state index contributed by atoms with van der Waals surface area (Å²) in [5.74, 6) is 0.404. The lowest BCUT2D eigenvalue weighted by Crippen LogP contribution is -2.40. The molecule has 2 heterocycles. The van der Waals surface area contributed by atoms with E-state index >= 15 is 0 Å². The van der Waals surface area contributed by atoms with E-state index in [0.717, 1.165) is 35.9 Å². The summed E-state index contributed by atoms with van der Waals surface area (Å²) in [5.41, 5.74) is 9.90. The molecule has 1 aromatic carbocycles. The van der Waals surface area contributed by atoms with Gasteiger partial charge in [-0.2, -0.15) is 0 Å². The first-order valence-corrected chi connectivity index (χ1v) is 8.25. The first-order chi connectivity index (χ1) is 10.7. The molecule has 0 unspecified atom stereocenters. The quantitative estimate of drug-likeness (QED) is 0.459. The number of hydrogen-bond donors (Lipinski definition) is 0. The highest BCUT2D eigenvalue weighted by atomic mass is 79.9. The van der Waals surface area contributed by atoms with Crippen LogP contribution in [-0.4, -0.2) is 29.0 Å². The summed E-state index contributed by atoms with van der Waals surface area (Å²) in [4.78, 5) is 9.59. The van der Waals surface area contributed by atoms with Crippen molar-refractivity contribution < 1.29 is 0 Å². The highest BCUT2D eigenvalue weighted by Crippen LogP contribution is 2.26. The molecule has 1 saturated heterocycles. The molecule has 0 aliphatic carbocycles. The van der Waals surface area contributed by atoms with Gasteiger partial charge in [0.2, 0.25) is 0 Å². The second-order valence-corrected chi connectivity index (χ2v) is 6.80. The SMILES string of the molecule is C[C@@H]1CN(Cc2ccc3cncc(Br)c3c2)CC[C@H]1N=[N+]=[N-]. The van der Waals surface area contributed by atoms with Crippen molar-refractivity contribution in [2.75, 3.05) is 13.1 Å². The third kappa shape index (κ3) is 3.24. The minimum absolute atomic E-state index is 0.137. The molecule has 5 nitrogen and oxygen atoms in total. The average molecular weight is 360 g/mol. The van der Waals surface area contributed by atoms with Crippen molar-refractivity contribution in [2.24, 2.45) is 11.0 Å². The van der Waals surface area contributed by atoms with E-state index < -0.39 is 0 Å². The van der Waals surface area contributed by atoms with E-state index in [1.54, 1.807) is 0 Å². The van der Waals surface area contributed by atoms with Crippen LogP contribution in [0.25, 0.3) is 21.2 Å². The Hall–Kier alpha value is -1.62. The Labute approximate surface area is 138 Å². The number of benzene rings is 1. The summed E-state index contributed by atoms with van der Waals surface area (Å²) in [5, 5.41) is 6.24. The standard InChI is InChI=1S/C16H18BrN5/c1-11-9-22(5-4-16(11)20-21-18)10-12-2-3-13-7-19-8-15(17)14(13)6-12/h2-3,6-8,11,16H,4-5,9-10H2,1H3/t11-,16-/m1/s1. The summed E-state index contributed by atoms with van der Waals surface area (Å²) in [7, 11) is 0. The summed E-state index contributed by atoms with van der Waals surface area (Å²) in [6.45, 7) is 5.04. The van der Waals surface area contributed by atoms with Gasteiger partial charge in [-0.1, -0.05) is 24.2 Å². The number of azide groups is 1. The molecule has 3 rings (SSSR count). The molecule has 1 aliphatic rings. The molecule has 0 saturated carbocycles.